The predicted octanol–water partition coefficient (Wildman–Crippen LogP) is 5.36. The van der Waals surface area contributed by atoms with Crippen molar-refractivity contribution in [3.8, 4) is 23.4 Å². The molecule has 13 heteroatoms. The summed E-state index contributed by atoms with van der Waals surface area (Å²) in [7, 11) is -3.39. The molecule has 3 aromatic rings. The number of alkyl halides is 1. The van der Waals surface area contributed by atoms with Crippen molar-refractivity contribution in [1.82, 2.24) is 9.97 Å². The molecule has 1 aromatic heterocycles. The zero-order valence-electron chi connectivity index (χ0n) is 17.6. The number of hydrogen-bond acceptors (Lipinski definition) is 7. The summed E-state index contributed by atoms with van der Waals surface area (Å²) in [5.41, 5.74) is -1.13. The molecule has 34 heavy (non-hydrogen) atoms. The Bertz CT molecular complexity index is 1360. The van der Waals surface area contributed by atoms with E-state index >= 15 is 0 Å². The van der Waals surface area contributed by atoms with E-state index in [1.807, 2.05) is 0 Å². The Kier molecular flexibility index (Phi) is 7.72. The van der Waals surface area contributed by atoms with Gasteiger partial charge < -0.3 is 9.47 Å². The SMILES string of the molecule is C/C(CS(C)(=O)=O)=N\C(Cl)c1cnc(Oc2ccc(F)cc2F)nc1Oc1ccc(F)cc1F. The van der Waals surface area contributed by atoms with Gasteiger partial charge in [0.05, 0.1) is 11.3 Å². The lowest BCUT2D eigenvalue weighted by atomic mass is 10.3. The number of aliphatic imine (C=N–C) groups is 1. The number of sulfone groups is 1. The van der Waals surface area contributed by atoms with Crippen LogP contribution in [-0.2, 0) is 9.84 Å². The average Bonchev–Trinajstić information content (AvgIpc) is 2.71. The highest BCUT2D eigenvalue weighted by Crippen LogP contribution is 2.35. The van der Waals surface area contributed by atoms with Crippen LogP contribution in [0, 0.1) is 23.3 Å². The summed E-state index contributed by atoms with van der Waals surface area (Å²) in [6.45, 7) is 1.44. The molecule has 0 saturated carbocycles. The molecular formula is C21H16ClF4N3O4S. The third-order valence-corrected chi connectivity index (χ3v) is 5.29. The first kappa shape index (κ1) is 25.4. The van der Waals surface area contributed by atoms with Crippen LogP contribution in [0.3, 0.4) is 0 Å². The minimum atomic E-state index is -3.39. The molecule has 0 aliphatic heterocycles. The fraction of sp³-hybridized carbons (Fsp3) is 0.190. The summed E-state index contributed by atoms with van der Waals surface area (Å²) >= 11 is 6.28. The summed E-state index contributed by atoms with van der Waals surface area (Å²) in [6, 6.07) is 4.59. The second-order valence-electron chi connectivity index (χ2n) is 7.04. The van der Waals surface area contributed by atoms with Crippen LogP contribution in [0.4, 0.5) is 17.6 Å². The molecule has 1 unspecified atom stereocenters. The monoisotopic (exact) mass is 517 g/mol. The van der Waals surface area contributed by atoms with Crippen molar-refractivity contribution in [3.63, 3.8) is 0 Å². The number of aromatic nitrogens is 2. The van der Waals surface area contributed by atoms with E-state index in [0.29, 0.717) is 12.1 Å². The first-order chi connectivity index (χ1) is 15.9. The number of ether oxygens (including phenoxy) is 2. The van der Waals surface area contributed by atoms with Crippen molar-refractivity contribution in [3.05, 3.63) is 71.4 Å². The topological polar surface area (TPSA) is 90.7 Å². The number of hydrogen-bond donors (Lipinski definition) is 0. The lowest BCUT2D eigenvalue weighted by Crippen LogP contribution is -2.12. The summed E-state index contributed by atoms with van der Waals surface area (Å²) in [5.74, 6) is -5.35. The first-order valence-corrected chi connectivity index (χ1v) is 11.9. The van der Waals surface area contributed by atoms with E-state index in [1.54, 1.807) is 0 Å². The summed E-state index contributed by atoms with van der Waals surface area (Å²) in [5, 5.41) is 0. The largest absolute Gasteiger partial charge is 0.435 e. The molecule has 0 saturated heterocycles. The van der Waals surface area contributed by atoms with Gasteiger partial charge in [0.25, 0.3) is 0 Å². The van der Waals surface area contributed by atoms with Gasteiger partial charge in [-0.2, -0.15) is 4.98 Å². The van der Waals surface area contributed by atoms with Crippen molar-refractivity contribution in [1.29, 1.82) is 0 Å². The van der Waals surface area contributed by atoms with E-state index in [4.69, 9.17) is 21.1 Å². The van der Waals surface area contributed by atoms with Crippen molar-refractivity contribution in [2.45, 2.75) is 12.4 Å². The minimum absolute atomic E-state index is 0.0230. The van der Waals surface area contributed by atoms with E-state index in [9.17, 15) is 26.0 Å². The van der Waals surface area contributed by atoms with Gasteiger partial charge in [-0.1, -0.05) is 11.6 Å². The molecule has 1 heterocycles. The molecule has 2 aromatic carbocycles. The zero-order valence-corrected chi connectivity index (χ0v) is 19.2. The number of benzene rings is 2. The second-order valence-corrected chi connectivity index (χ2v) is 9.59. The molecule has 0 bridgehead atoms. The third kappa shape index (κ3) is 6.87. The molecular weight excluding hydrogens is 502 g/mol. The maximum absolute atomic E-state index is 14.2. The highest BCUT2D eigenvalue weighted by Gasteiger charge is 2.21. The predicted molar refractivity (Wildman–Crippen MR) is 116 cm³/mol. The molecule has 7 nitrogen and oxygen atoms in total. The van der Waals surface area contributed by atoms with Gasteiger partial charge >= 0.3 is 6.01 Å². The van der Waals surface area contributed by atoms with E-state index in [0.717, 1.165) is 36.7 Å². The fourth-order valence-electron chi connectivity index (χ4n) is 2.65. The lowest BCUT2D eigenvalue weighted by molar-refractivity contribution is 0.379. The van der Waals surface area contributed by atoms with Gasteiger partial charge in [-0.25, -0.2) is 31.0 Å². The van der Waals surface area contributed by atoms with Gasteiger partial charge in [-0.3, -0.25) is 4.99 Å². The van der Waals surface area contributed by atoms with Gasteiger partial charge in [0.2, 0.25) is 5.88 Å². The Labute approximate surface area is 197 Å². The van der Waals surface area contributed by atoms with Gasteiger partial charge in [-0.15, -0.1) is 0 Å². The molecule has 0 fully saturated rings. The summed E-state index contributed by atoms with van der Waals surface area (Å²) < 4.78 is 88.1. The Morgan fingerprint density at radius 1 is 1.03 bits per heavy atom. The maximum Gasteiger partial charge on any atom is 0.325 e. The Morgan fingerprint density at radius 3 is 2.12 bits per heavy atom. The summed E-state index contributed by atoms with van der Waals surface area (Å²) in [4.78, 5) is 11.9. The maximum atomic E-state index is 14.2. The van der Waals surface area contributed by atoms with Crippen LogP contribution in [-0.4, -0.2) is 36.1 Å². The van der Waals surface area contributed by atoms with Crippen LogP contribution < -0.4 is 9.47 Å². The van der Waals surface area contributed by atoms with Crippen LogP contribution in [0.25, 0.3) is 0 Å². The van der Waals surface area contributed by atoms with Gasteiger partial charge in [0.15, 0.2) is 38.5 Å². The van der Waals surface area contributed by atoms with E-state index in [2.05, 4.69) is 15.0 Å². The number of rotatable bonds is 8. The van der Waals surface area contributed by atoms with Crippen molar-refractivity contribution >= 4 is 27.1 Å². The third-order valence-electron chi connectivity index (χ3n) is 4.02. The van der Waals surface area contributed by atoms with Crippen LogP contribution in [0.5, 0.6) is 23.4 Å². The quantitative estimate of drug-likeness (QED) is 0.173. The average molecular weight is 518 g/mol. The molecule has 0 aliphatic carbocycles. The molecule has 0 amide bonds. The van der Waals surface area contributed by atoms with E-state index in [1.165, 1.54) is 6.92 Å². The zero-order chi connectivity index (χ0) is 25.0. The highest BCUT2D eigenvalue weighted by atomic mass is 35.5. The van der Waals surface area contributed by atoms with Gasteiger partial charge in [0, 0.05) is 30.3 Å². The molecule has 0 spiro atoms. The Balaban J connectivity index is 2.00. The molecule has 180 valence electrons. The molecule has 0 radical (unpaired) electrons. The lowest BCUT2D eigenvalue weighted by Gasteiger charge is -2.14. The smallest absolute Gasteiger partial charge is 0.325 e. The van der Waals surface area contributed by atoms with Gasteiger partial charge in [0.1, 0.15) is 11.6 Å². The molecule has 0 N–H and O–H groups in total. The van der Waals surface area contributed by atoms with Crippen molar-refractivity contribution < 1.29 is 35.5 Å². The number of nitrogens with zero attached hydrogens (tertiary/aromatic N) is 3. The second kappa shape index (κ2) is 10.3. The van der Waals surface area contributed by atoms with Crippen LogP contribution >= 0.6 is 11.6 Å². The molecule has 0 aliphatic rings. The van der Waals surface area contributed by atoms with Crippen molar-refractivity contribution in [2.24, 2.45) is 4.99 Å². The summed E-state index contributed by atoms with van der Waals surface area (Å²) in [6.07, 6.45) is 2.11. The van der Waals surface area contributed by atoms with Gasteiger partial charge in [-0.05, 0) is 31.2 Å². The minimum Gasteiger partial charge on any atom is -0.435 e. The van der Waals surface area contributed by atoms with Crippen LogP contribution in [0.1, 0.15) is 18.0 Å². The van der Waals surface area contributed by atoms with Crippen molar-refractivity contribution in [2.75, 3.05) is 12.0 Å². The van der Waals surface area contributed by atoms with Crippen LogP contribution in [0.2, 0.25) is 0 Å². The first-order valence-electron chi connectivity index (χ1n) is 9.39. The Morgan fingerprint density at radius 2 is 1.59 bits per heavy atom. The molecule has 1 atom stereocenters. The Hall–Kier alpha value is -3.25. The fourth-order valence-corrected chi connectivity index (χ4v) is 3.80. The number of halogens is 5. The van der Waals surface area contributed by atoms with E-state index < -0.39 is 56.1 Å². The van der Waals surface area contributed by atoms with Crippen LogP contribution in [0.15, 0.2) is 47.6 Å². The van der Waals surface area contributed by atoms with E-state index in [-0.39, 0.29) is 22.9 Å². The molecule has 3 rings (SSSR count). The standard InChI is InChI=1S/C21H16ClF4N3O4S/c1-11(10-34(2,30)31)28-19(22)14-9-27-21(33-18-6-4-13(24)8-16(18)26)29-20(14)32-17-5-3-12(23)7-15(17)25/h3-9,19H,10H2,1-2H3/b28-11+. The normalized spacial score (nSPS) is 13.0. The highest BCUT2D eigenvalue weighted by molar-refractivity contribution is 7.91.